The van der Waals surface area contributed by atoms with Crippen LogP contribution in [-0.2, 0) is 31.6 Å². The highest BCUT2D eigenvalue weighted by atomic mass is 35.5. The monoisotopic (exact) mass is 538 g/mol. The molecule has 0 radical (unpaired) electrons. The van der Waals surface area contributed by atoms with Crippen molar-refractivity contribution < 1.29 is 56.3 Å². The molecule has 1 aliphatic rings. The normalized spacial score (nSPS) is 27.9. The highest BCUT2D eigenvalue weighted by Gasteiger charge is 2.49. The Morgan fingerprint density at radius 1 is 1.22 bits per heavy atom. The smallest absolute Gasteiger partial charge is 0.390 e. The van der Waals surface area contributed by atoms with Gasteiger partial charge in [0.1, 0.15) is 23.5 Å². The van der Waals surface area contributed by atoms with Crippen LogP contribution in [0.25, 0.3) is 5.52 Å². The first kappa shape index (κ1) is 25.7. The third-order valence-corrected chi connectivity index (χ3v) is 8.53. The number of halogens is 1. The minimum atomic E-state index is -5.68. The largest absolute Gasteiger partial charge is 0.490 e. The lowest BCUT2D eigenvalue weighted by atomic mass is 10.0. The second-order valence-electron chi connectivity index (χ2n) is 6.69. The summed E-state index contributed by atoms with van der Waals surface area (Å²) in [6.07, 6.45) is -1.19. The summed E-state index contributed by atoms with van der Waals surface area (Å²) in [7, 11) is -16.6. The third kappa shape index (κ3) is 5.93. The number of anilines is 1. The molecule has 5 unspecified atom stereocenters. The number of phosphoric ester groups is 1. The number of aliphatic hydroxyl groups is 1. The first-order valence-corrected chi connectivity index (χ1v) is 13.5. The average molecular weight is 539 g/mol. The van der Waals surface area contributed by atoms with E-state index in [1.807, 2.05) is 0 Å². The van der Waals surface area contributed by atoms with E-state index in [4.69, 9.17) is 31.9 Å². The predicted octanol–water partition coefficient (Wildman–Crippen LogP) is 0.455. The molecule has 0 saturated carbocycles. The number of ether oxygens (including phenoxy) is 1. The van der Waals surface area contributed by atoms with Gasteiger partial charge in [-0.1, -0.05) is 0 Å². The molecule has 16 nitrogen and oxygen atoms in total. The summed E-state index contributed by atoms with van der Waals surface area (Å²) >= 11 is 5.94. The van der Waals surface area contributed by atoms with Crippen molar-refractivity contribution in [3.63, 3.8) is 0 Å². The van der Waals surface area contributed by atoms with Gasteiger partial charge in [0.25, 0.3) is 0 Å². The molecule has 3 rings (SSSR count). The molecular formula is C12H18ClN4O12P3. The van der Waals surface area contributed by atoms with E-state index in [9.17, 15) is 28.6 Å². The van der Waals surface area contributed by atoms with Gasteiger partial charge in [-0.3, -0.25) is 4.52 Å². The number of hydrogen-bond acceptors (Lipinski definition) is 11. The van der Waals surface area contributed by atoms with Crippen molar-refractivity contribution in [3.8, 4) is 0 Å². The molecule has 0 amide bonds. The lowest BCUT2D eigenvalue weighted by Gasteiger charge is -2.27. The van der Waals surface area contributed by atoms with Crippen LogP contribution in [0.5, 0.6) is 0 Å². The molecule has 1 saturated heterocycles. The molecule has 0 bridgehead atoms. The van der Waals surface area contributed by atoms with Crippen molar-refractivity contribution in [1.82, 2.24) is 14.6 Å². The van der Waals surface area contributed by atoms with Gasteiger partial charge >= 0.3 is 23.5 Å². The van der Waals surface area contributed by atoms with Crippen LogP contribution in [0.3, 0.4) is 0 Å². The van der Waals surface area contributed by atoms with E-state index < -0.39 is 47.9 Å². The zero-order valence-corrected chi connectivity index (χ0v) is 19.2. The van der Waals surface area contributed by atoms with Crippen molar-refractivity contribution in [2.75, 3.05) is 18.2 Å². The number of fused-ring (bicyclic) bond motifs is 1. The molecule has 1 fully saturated rings. The molecular weight excluding hydrogens is 521 g/mol. The summed E-state index contributed by atoms with van der Waals surface area (Å²) in [4.78, 5) is 39.8. The van der Waals surface area contributed by atoms with E-state index in [0.29, 0.717) is 11.2 Å². The number of alkyl halides is 1. The molecule has 5 atom stereocenters. The first-order valence-electron chi connectivity index (χ1n) is 8.44. The number of rotatable bonds is 9. The Morgan fingerprint density at radius 2 is 1.91 bits per heavy atom. The number of aromatic nitrogens is 3. The Bertz CT molecular complexity index is 1140. The summed E-state index contributed by atoms with van der Waals surface area (Å²) < 4.78 is 53.2. The topological polar surface area (TPSA) is 245 Å². The highest BCUT2D eigenvalue weighted by molar-refractivity contribution is 7.66. The second kappa shape index (κ2) is 9.01. The van der Waals surface area contributed by atoms with E-state index in [1.165, 1.54) is 10.8 Å². The van der Waals surface area contributed by atoms with Crippen molar-refractivity contribution in [2.45, 2.75) is 24.2 Å². The van der Waals surface area contributed by atoms with Gasteiger partial charge < -0.3 is 35.2 Å². The second-order valence-corrected chi connectivity index (χ2v) is 11.4. The SMILES string of the molecule is Nc1ncnn2c(C3OC(CCl)(COP(=O)(O)OP(=O)(O)OP(=O)(O)O)CC3O)ccc12. The minimum Gasteiger partial charge on any atom is -0.390 e. The Hall–Kier alpha value is -0.960. The van der Waals surface area contributed by atoms with Gasteiger partial charge in [-0.15, -0.1) is 11.6 Å². The lowest BCUT2D eigenvalue weighted by Crippen LogP contribution is -2.36. The van der Waals surface area contributed by atoms with Gasteiger partial charge in [-0.05, 0) is 12.1 Å². The lowest BCUT2D eigenvalue weighted by molar-refractivity contribution is -0.0684. The average Bonchev–Trinajstić information content (AvgIpc) is 3.19. The van der Waals surface area contributed by atoms with Crippen LogP contribution in [0.1, 0.15) is 18.2 Å². The van der Waals surface area contributed by atoms with Gasteiger partial charge in [-0.25, -0.2) is 23.2 Å². The van der Waals surface area contributed by atoms with Crippen molar-refractivity contribution in [3.05, 3.63) is 24.2 Å². The number of nitrogens with zero attached hydrogens (tertiary/aromatic N) is 3. The van der Waals surface area contributed by atoms with E-state index in [1.54, 1.807) is 12.1 Å². The molecule has 2 aromatic rings. The summed E-state index contributed by atoms with van der Waals surface area (Å²) in [5, 5.41) is 14.6. The quantitative estimate of drug-likeness (QED) is 0.187. The Balaban J connectivity index is 1.74. The maximum absolute atomic E-state index is 12.0. The molecule has 0 spiro atoms. The predicted molar refractivity (Wildman–Crippen MR) is 105 cm³/mol. The summed E-state index contributed by atoms with van der Waals surface area (Å²) in [6.45, 7) is -0.811. The van der Waals surface area contributed by atoms with Crippen LogP contribution in [-0.4, -0.2) is 63.5 Å². The van der Waals surface area contributed by atoms with Crippen LogP contribution in [0.4, 0.5) is 5.82 Å². The first-order chi connectivity index (χ1) is 14.7. The molecule has 3 heterocycles. The highest BCUT2D eigenvalue weighted by Crippen LogP contribution is 2.66. The fourth-order valence-electron chi connectivity index (χ4n) is 3.05. The van der Waals surface area contributed by atoms with E-state index in [-0.39, 0.29) is 18.1 Å². The fraction of sp³-hybridized carbons (Fsp3) is 0.500. The summed E-state index contributed by atoms with van der Waals surface area (Å²) in [5.41, 5.74) is 5.03. The van der Waals surface area contributed by atoms with Gasteiger partial charge in [0.15, 0.2) is 5.82 Å². The Morgan fingerprint density at radius 3 is 2.53 bits per heavy atom. The Labute approximate surface area is 184 Å². The van der Waals surface area contributed by atoms with Gasteiger partial charge in [0.2, 0.25) is 0 Å². The third-order valence-electron chi connectivity index (χ3n) is 4.26. The van der Waals surface area contributed by atoms with Gasteiger partial charge in [0, 0.05) is 6.42 Å². The molecule has 180 valence electrons. The maximum Gasteiger partial charge on any atom is 0.490 e. The molecule has 32 heavy (non-hydrogen) atoms. The number of hydrogen-bond donors (Lipinski definition) is 6. The van der Waals surface area contributed by atoms with Crippen LogP contribution >= 0.6 is 35.1 Å². The molecule has 7 N–H and O–H groups in total. The fourth-order valence-corrected chi connectivity index (χ4v) is 6.39. The van der Waals surface area contributed by atoms with Crippen LogP contribution in [0, 0.1) is 0 Å². The van der Waals surface area contributed by atoms with E-state index >= 15 is 0 Å². The van der Waals surface area contributed by atoms with E-state index in [2.05, 4.69) is 23.2 Å². The van der Waals surface area contributed by atoms with Crippen molar-refractivity contribution >= 4 is 46.4 Å². The van der Waals surface area contributed by atoms with Crippen molar-refractivity contribution in [2.24, 2.45) is 0 Å². The van der Waals surface area contributed by atoms with Crippen molar-refractivity contribution in [1.29, 1.82) is 0 Å². The summed E-state index contributed by atoms with van der Waals surface area (Å²) in [6, 6.07) is 3.16. The van der Waals surface area contributed by atoms with Crippen LogP contribution in [0.15, 0.2) is 18.5 Å². The van der Waals surface area contributed by atoms with Crippen LogP contribution in [0.2, 0.25) is 0 Å². The summed E-state index contributed by atoms with van der Waals surface area (Å²) in [5.74, 6) is -0.175. The Kier molecular flexibility index (Phi) is 7.22. The number of nitrogens with two attached hydrogens (primary N) is 1. The number of aliphatic hydroxyl groups excluding tert-OH is 1. The van der Waals surface area contributed by atoms with Gasteiger partial charge in [-0.2, -0.15) is 13.7 Å². The molecule has 2 aromatic heterocycles. The molecule has 20 heteroatoms. The van der Waals surface area contributed by atoms with E-state index in [0.717, 1.165) is 0 Å². The molecule has 0 aromatic carbocycles. The zero-order valence-electron chi connectivity index (χ0n) is 15.7. The van der Waals surface area contributed by atoms with Gasteiger partial charge in [0.05, 0.1) is 24.3 Å². The number of nitrogen functional groups attached to an aromatic ring is 1. The molecule has 1 aliphatic heterocycles. The zero-order chi connectivity index (χ0) is 23.9. The standard InChI is InChI=1S/C12H18ClN4O12P3/c13-4-12(5-26-31(22,23)29-32(24,25)28-30(19,20)21)3-9(18)10(27-12)7-1-2-8-11(14)15-6-16-17(7)8/h1-2,6,9-10,18H,3-5H2,(H,22,23)(H,24,25)(H2,14,15,16)(H2,19,20,21). The van der Waals surface area contributed by atoms with Crippen LogP contribution < -0.4 is 5.73 Å². The maximum atomic E-state index is 12.0. The molecule has 0 aliphatic carbocycles. The number of phosphoric acid groups is 3. The minimum absolute atomic E-state index is 0.176.